The van der Waals surface area contributed by atoms with Crippen molar-refractivity contribution in [3.8, 4) is 0 Å². The predicted molar refractivity (Wildman–Crippen MR) is 89.7 cm³/mol. The Labute approximate surface area is 128 Å². The van der Waals surface area contributed by atoms with Gasteiger partial charge < -0.3 is 15.5 Å². The van der Waals surface area contributed by atoms with E-state index in [1.54, 1.807) is 11.3 Å². The van der Waals surface area contributed by atoms with Crippen molar-refractivity contribution >= 4 is 16.5 Å². The quantitative estimate of drug-likeness (QED) is 0.761. The van der Waals surface area contributed by atoms with Crippen LogP contribution in [0.25, 0.3) is 0 Å². The van der Waals surface area contributed by atoms with Crippen LogP contribution in [0.2, 0.25) is 0 Å². The molecule has 0 bridgehead atoms. The Hall–Kier alpha value is -0.650. The molecule has 1 heterocycles. The first kappa shape index (κ1) is 17.4. The average Bonchev–Trinajstić information content (AvgIpc) is 2.81. The molecule has 0 saturated carbocycles. The largest absolute Gasteiger partial charge is 0.348 e. The monoisotopic (exact) mass is 298 g/mol. The van der Waals surface area contributed by atoms with Crippen molar-refractivity contribution < 1.29 is 0 Å². The molecular formula is C15H30N4S. The van der Waals surface area contributed by atoms with Gasteiger partial charge in [-0.25, -0.2) is 4.98 Å². The third-order valence-electron chi connectivity index (χ3n) is 3.68. The van der Waals surface area contributed by atoms with Crippen LogP contribution in [0.3, 0.4) is 0 Å². The Bertz CT molecular complexity index is 385. The van der Waals surface area contributed by atoms with Gasteiger partial charge in [-0.2, -0.15) is 0 Å². The molecule has 4 nitrogen and oxygen atoms in total. The number of hydrogen-bond acceptors (Lipinski definition) is 5. The summed E-state index contributed by atoms with van der Waals surface area (Å²) in [7, 11) is 0. The number of anilines is 1. The van der Waals surface area contributed by atoms with Gasteiger partial charge in [0.1, 0.15) is 0 Å². The van der Waals surface area contributed by atoms with E-state index in [0.717, 1.165) is 43.5 Å². The van der Waals surface area contributed by atoms with E-state index in [9.17, 15) is 0 Å². The van der Waals surface area contributed by atoms with Gasteiger partial charge in [0.25, 0.3) is 0 Å². The summed E-state index contributed by atoms with van der Waals surface area (Å²) in [6.07, 6.45) is 1.18. The van der Waals surface area contributed by atoms with Gasteiger partial charge in [-0.3, -0.25) is 0 Å². The molecule has 1 atom stereocenters. The molecule has 2 N–H and O–H groups in total. The second kappa shape index (κ2) is 8.60. The van der Waals surface area contributed by atoms with Crippen molar-refractivity contribution in [1.29, 1.82) is 0 Å². The number of hydrogen-bond donors (Lipinski definition) is 1. The van der Waals surface area contributed by atoms with Crippen molar-refractivity contribution in [2.45, 2.75) is 47.1 Å². The smallest absolute Gasteiger partial charge is 0.185 e. The highest BCUT2D eigenvalue weighted by Crippen LogP contribution is 2.29. The summed E-state index contributed by atoms with van der Waals surface area (Å²) in [6, 6.07) is 0.0793. The fourth-order valence-electron chi connectivity index (χ4n) is 2.37. The Kier molecular flexibility index (Phi) is 7.48. The van der Waals surface area contributed by atoms with Crippen LogP contribution >= 0.6 is 11.3 Å². The zero-order valence-electron chi connectivity index (χ0n) is 13.6. The van der Waals surface area contributed by atoms with E-state index < -0.39 is 0 Å². The second-order valence-electron chi connectivity index (χ2n) is 5.19. The van der Waals surface area contributed by atoms with E-state index in [-0.39, 0.29) is 6.04 Å². The van der Waals surface area contributed by atoms with E-state index in [1.807, 2.05) is 6.92 Å². The molecule has 0 radical (unpaired) electrons. The molecule has 0 saturated heterocycles. The minimum absolute atomic E-state index is 0.0793. The number of nitrogens with two attached hydrogens (primary N) is 1. The molecule has 20 heavy (non-hydrogen) atoms. The van der Waals surface area contributed by atoms with Gasteiger partial charge in [0.05, 0.1) is 5.69 Å². The Balaban J connectivity index is 2.60. The third-order valence-corrected chi connectivity index (χ3v) is 5.10. The fraction of sp³-hybridized carbons (Fsp3) is 0.800. The van der Waals surface area contributed by atoms with Crippen molar-refractivity contribution in [3.63, 3.8) is 0 Å². The minimum atomic E-state index is 0.0793. The van der Waals surface area contributed by atoms with Crippen LogP contribution in [0, 0.1) is 6.92 Å². The first-order valence-electron chi connectivity index (χ1n) is 7.73. The van der Waals surface area contributed by atoms with Gasteiger partial charge in [-0.05, 0) is 46.8 Å². The number of aryl methyl sites for hydroxylation is 1. The van der Waals surface area contributed by atoms with Gasteiger partial charge in [-0.1, -0.05) is 13.8 Å². The fourth-order valence-corrected chi connectivity index (χ4v) is 3.47. The molecule has 5 heteroatoms. The topological polar surface area (TPSA) is 45.4 Å². The number of nitrogens with zero attached hydrogens (tertiary/aromatic N) is 3. The number of thiazole rings is 1. The summed E-state index contributed by atoms with van der Waals surface area (Å²) >= 11 is 1.75. The molecule has 0 aromatic carbocycles. The number of rotatable bonds is 9. The highest BCUT2D eigenvalue weighted by Gasteiger charge is 2.15. The predicted octanol–water partition coefficient (Wildman–Crippen LogP) is 3.03. The zero-order valence-corrected chi connectivity index (χ0v) is 14.5. The van der Waals surface area contributed by atoms with Crippen molar-refractivity contribution in [3.05, 3.63) is 10.6 Å². The van der Waals surface area contributed by atoms with Crippen LogP contribution in [-0.4, -0.2) is 42.6 Å². The molecule has 116 valence electrons. The summed E-state index contributed by atoms with van der Waals surface area (Å²) in [4.78, 5) is 10.7. The van der Waals surface area contributed by atoms with Crippen LogP contribution in [-0.2, 0) is 0 Å². The lowest BCUT2D eigenvalue weighted by atomic mass is 10.2. The SMILES string of the molecule is CCN(CC)CCCN(CC)c1nc(C)c(C(C)N)s1. The average molecular weight is 298 g/mol. The summed E-state index contributed by atoms with van der Waals surface area (Å²) in [5.41, 5.74) is 7.08. The minimum Gasteiger partial charge on any atom is -0.348 e. The van der Waals surface area contributed by atoms with Gasteiger partial charge in [0.15, 0.2) is 5.13 Å². The lowest BCUT2D eigenvalue weighted by Crippen LogP contribution is -2.29. The van der Waals surface area contributed by atoms with Gasteiger partial charge in [0.2, 0.25) is 0 Å². The summed E-state index contributed by atoms with van der Waals surface area (Å²) < 4.78 is 0. The third kappa shape index (κ3) is 4.72. The summed E-state index contributed by atoms with van der Waals surface area (Å²) in [6.45, 7) is 16.2. The van der Waals surface area contributed by atoms with Crippen molar-refractivity contribution in [2.75, 3.05) is 37.6 Å². The van der Waals surface area contributed by atoms with Crippen molar-refractivity contribution in [2.24, 2.45) is 5.73 Å². The molecule has 1 aromatic heterocycles. The maximum Gasteiger partial charge on any atom is 0.185 e. The molecule has 1 rings (SSSR count). The Morgan fingerprint density at radius 3 is 2.25 bits per heavy atom. The van der Waals surface area contributed by atoms with Gasteiger partial charge >= 0.3 is 0 Å². The molecular weight excluding hydrogens is 268 g/mol. The van der Waals surface area contributed by atoms with Gasteiger partial charge in [-0.15, -0.1) is 11.3 Å². The van der Waals surface area contributed by atoms with E-state index >= 15 is 0 Å². The van der Waals surface area contributed by atoms with Crippen LogP contribution < -0.4 is 10.6 Å². The van der Waals surface area contributed by atoms with Crippen LogP contribution in [0.15, 0.2) is 0 Å². The maximum absolute atomic E-state index is 5.99. The highest BCUT2D eigenvalue weighted by molar-refractivity contribution is 7.15. The van der Waals surface area contributed by atoms with E-state index in [1.165, 1.54) is 11.3 Å². The lowest BCUT2D eigenvalue weighted by Gasteiger charge is -2.23. The summed E-state index contributed by atoms with van der Waals surface area (Å²) in [5.74, 6) is 0. The van der Waals surface area contributed by atoms with E-state index in [2.05, 4.69) is 37.5 Å². The summed E-state index contributed by atoms with van der Waals surface area (Å²) in [5, 5.41) is 1.12. The van der Waals surface area contributed by atoms with Crippen LogP contribution in [0.5, 0.6) is 0 Å². The van der Waals surface area contributed by atoms with E-state index in [0.29, 0.717) is 0 Å². The standard InChI is InChI=1S/C15H30N4S/c1-6-18(7-2)10-9-11-19(8-3)15-17-13(5)14(20-15)12(4)16/h12H,6-11,16H2,1-5H3. The first-order valence-corrected chi connectivity index (χ1v) is 8.55. The van der Waals surface area contributed by atoms with Gasteiger partial charge in [0, 0.05) is 24.0 Å². The zero-order chi connectivity index (χ0) is 15.1. The van der Waals surface area contributed by atoms with Crippen molar-refractivity contribution in [1.82, 2.24) is 9.88 Å². The first-order chi connectivity index (χ1) is 9.53. The molecule has 0 fully saturated rings. The molecule has 0 aliphatic heterocycles. The maximum atomic E-state index is 5.99. The molecule has 0 aliphatic carbocycles. The van der Waals surface area contributed by atoms with E-state index in [4.69, 9.17) is 10.7 Å². The Morgan fingerprint density at radius 2 is 1.80 bits per heavy atom. The van der Waals surface area contributed by atoms with Crippen LogP contribution in [0.1, 0.15) is 50.7 Å². The molecule has 0 amide bonds. The van der Waals surface area contributed by atoms with Crippen LogP contribution in [0.4, 0.5) is 5.13 Å². The Morgan fingerprint density at radius 1 is 1.15 bits per heavy atom. The highest BCUT2D eigenvalue weighted by atomic mass is 32.1. The second-order valence-corrected chi connectivity index (χ2v) is 6.20. The molecule has 1 unspecified atom stereocenters. The normalized spacial score (nSPS) is 12.9. The lowest BCUT2D eigenvalue weighted by molar-refractivity contribution is 0.301. The molecule has 0 spiro atoms. The number of aromatic nitrogens is 1. The molecule has 0 aliphatic rings. The molecule has 1 aromatic rings.